The molecular formula is C16H24ClN3O3. The van der Waals surface area contributed by atoms with Gasteiger partial charge in [0.2, 0.25) is 0 Å². The molecule has 23 heavy (non-hydrogen) atoms. The monoisotopic (exact) mass is 341 g/mol. The molecule has 128 valence electrons. The largest absolute Gasteiger partial charge is 0.493 e. The fraction of sp³-hybridized carbons (Fsp3) is 0.562. The van der Waals surface area contributed by atoms with Gasteiger partial charge in [0.05, 0.1) is 12.1 Å². The molecule has 1 aromatic carbocycles. The predicted octanol–water partition coefficient (Wildman–Crippen LogP) is 1.40. The van der Waals surface area contributed by atoms with Crippen molar-refractivity contribution in [3.8, 4) is 11.5 Å². The molecule has 6 nitrogen and oxygen atoms in total. The number of nitrogens with zero attached hydrogens (tertiary/aromatic N) is 1. The summed E-state index contributed by atoms with van der Waals surface area (Å²) in [5.74, 6) is 0.304. The number of likely N-dealkylation sites (tertiary alicyclic amines) is 1. The predicted molar refractivity (Wildman–Crippen MR) is 90.1 cm³/mol. The second-order valence-electron chi connectivity index (χ2n) is 5.73. The van der Waals surface area contributed by atoms with Crippen molar-refractivity contribution >= 4 is 17.5 Å². The lowest BCUT2D eigenvalue weighted by Crippen LogP contribution is -2.43. The van der Waals surface area contributed by atoms with Crippen LogP contribution in [0, 0.1) is 0 Å². The lowest BCUT2D eigenvalue weighted by molar-refractivity contribution is -0.119. The van der Waals surface area contributed by atoms with Crippen LogP contribution in [0.15, 0.2) is 12.1 Å². The van der Waals surface area contributed by atoms with Crippen molar-refractivity contribution in [2.24, 2.45) is 5.73 Å². The van der Waals surface area contributed by atoms with Gasteiger partial charge in [0.15, 0.2) is 18.1 Å². The summed E-state index contributed by atoms with van der Waals surface area (Å²) in [5.41, 5.74) is 6.15. The topological polar surface area (TPSA) is 76.8 Å². The van der Waals surface area contributed by atoms with Crippen LogP contribution < -0.4 is 20.5 Å². The number of hydrogen-bond acceptors (Lipinski definition) is 5. The van der Waals surface area contributed by atoms with E-state index in [0.717, 1.165) is 25.2 Å². The van der Waals surface area contributed by atoms with E-state index in [0.29, 0.717) is 22.6 Å². The Hall–Kier alpha value is -1.50. The number of likely N-dealkylation sites (N-methyl/N-ethyl adjacent to an activating group) is 1. The summed E-state index contributed by atoms with van der Waals surface area (Å²) in [5, 5.41) is 3.75. The number of halogens is 1. The summed E-state index contributed by atoms with van der Waals surface area (Å²) < 4.78 is 10.7. The van der Waals surface area contributed by atoms with Gasteiger partial charge in [0.1, 0.15) is 0 Å². The molecule has 0 bridgehead atoms. The molecule has 1 saturated heterocycles. The number of benzene rings is 1. The van der Waals surface area contributed by atoms with Gasteiger partial charge in [-0.1, -0.05) is 11.6 Å². The minimum atomic E-state index is -0.557. The highest BCUT2D eigenvalue weighted by atomic mass is 35.5. The summed E-state index contributed by atoms with van der Waals surface area (Å²) in [6.07, 6.45) is 2.38. The van der Waals surface area contributed by atoms with Gasteiger partial charge in [-0.3, -0.25) is 9.69 Å². The van der Waals surface area contributed by atoms with Crippen molar-refractivity contribution in [3.05, 3.63) is 22.7 Å². The zero-order valence-corrected chi connectivity index (χ0v) is 14.4. The Labute approximate surface area is 141 Å². The van der Waals surface area contributed by atoms with E-state index in [2.05, 4.69) is 10.2 Å². The third kappa shape index (κ3) is 4.99. The van der Waals surface area contributed by atoms with E-state index in [1.807, 2.05) is 19.2 Å². The molecule has 1 aromatic rings. The molecule has 1 aliphatic heterocycles. The summed E-state index contributed by atoms with van der Waals surface area (Å²) in [6.45, 7) is 2.64. The van der Waals surface area contributed by atoms with Crippen LogP contribution in [-0.2, 0) is 11.3 Å². The number of amides is 1. The molecule has 1 heterocycles. The van der Waals surface area contributed by atoms with Gasteiger partial charge in [-0.2, -0.15) is 0 Å². The molecule has 7 heteroatoms. The third-order valence-electron chi connectivity index (χ3n) is 3.97. The molecule has 0 saturated carbocycles. The van der Waals surface area contributed by atoms with Gasteiger partial charge in [0, 0.05) is 19.1 Å². The maximum atomic E-state index is 10.9. The van der Waals surface area contributed by atoms with Gasteiger partial charge in [0.25, 0.3) is 5.91 Å². The minimum absolute atomic E-state index is 0.231. The van der Waals surface area contributed by atoms with Crippen molar-refractivity contribution in [1.82, 2.24) is 10.2 Å². The Balaban J connectivity index is 2.10. The van der Waals surface area contributed by atoms with Crippen molar-refractivity contribution < 1.29 is 14.3 Å². The van der Waals surface area contributed by atoms with Crippen LogP contribution >= 0.6 is 11.6 Å². The molecule has 1 aliphatic rings. The van der Waals surface area contributed by atoms with Gasteiger partial charge in [-0.25, -0.2) is 0 Å². The number of rotatable bonds is 7. The molecule has 1 unspecified atom stereocenters. The molecule has 1 atom stereocenters. The summed E-state index contributed by atoms with van der Waals surface area (Å²) >= 11 is 6.28. The zero-order chi connectivity index (χ0) is 16.8. The van der Waals surface area contributed by atoms with Crippen LogP contribution in [0.5, 0.6) is 11.5 Å². The fourth-order valence-electron chi connectivity index (χ4n) is 2.84. The van der Waals surface area contributed by atoms with Crippen LogP contribution in [0.4, 0.5) is 0 Å². The van der Waals surface area contributed by atoms with Crippen LogP contribution in [0.1, 0.15) is 18.4 Å². The number of primary amides is 1. The number of nitrogens with one attached hydrogen (secondary N) is 1. The van der Waals surface area contributed by atoms with Gasteiger partial charge >= 0.3 is 0 Å². The number of piperidine rings is 1. The minimum Gasteiger partial charge on any atom is -0.493 e. The number of hydrogen-bond donors (Lipinski definition) is 2. The van der Waals surface area contributed by atoms with Crippen molar-refractivity contribution in [2.75, 3.05) is 33.9 Å². The second-order valence-corrected chi connectivity index (χ2v) is 6.13. The first kappa shape index (κ1) is 17.8. The maximum Gasteiger partial charge on any atom is 0.255 e. The Morgan fingerprint density at radius 1 is 1.52 bits per heavy atom. The van der Waals surface area contributed by atoms with Gasteiger partial charge in [-0.05, 0) is 44.1 Å². The standard InChI is InChI=1S/C16H24ClN3O3/c1-19-12-4-3-5-20(9-12)8-11-6-13(17)16(14(7-11)22-2)23-10-15(18)21/h6-7,12,19H,3-5,8-10H2,1-2H3,(H2,18,21). The lowest BCUT2D eigenvalue weighted by Gasteiger charge is -2.32. The van der Waals surface area contributed by atoms with Crippen LogP contribution in [0.25, 0.3) is 0 Å². The average molecular weight is 342 g/mol. The van der Waals surface area contributed by atoms with Crippen LogP contribution in [0.2, 0.25) is 5.02 Å². The second kappa shape index (κ2) is 8.38. The van der Waals surface area contributed by atoms with E-state index in [-0.39, 0.29) is 6.61 Å². The molecule has 0 radical (unpaired) electrons. The van der Waals surface area contributed by atoms with Crippen molar-refractivity contribution in [3.63, 3.8) is 0 Å². The number of ether oxygens (including phenoxy) is 2. The van der Waals surface area contributed by atoms with Gasteiger partial charge in [-0.15, -0.1) is 0 Å². The summed E-state index contributed by atoms with van der Waals surface area (Å²) in [4.78, 5) is 13.3. The molecular weight excluding hydrogens is 318 g/mol. The Bertz CT molecular complexity index is 554. The Kier molecular flexibility index (Phi) is 6.50. The van der Waals surface area contributed by atoms with Crippen molar-refractivity contribution in [1.29, 1.82) is 0 Å². The van der Waals surface area contributed by atoms with Crippen LogP contribution in [0.3, 0.4) is 0 Å². The van der Waals surface area contributed by atoms with E-state index in [4.69, 9.17) is 26.8 Å². The first-order chi connectivity index (χ1) is 11.0. The quantitative estimate of drug-likeness (QED) is 0.784. The highest BCUT2D eigenvalue weighted by Gasteiger charge is 2.20. The first-order valence-corrected chi connectivity index (χ1v) is 8.08. The fourth-order valence-corrected chi connectivity index (χ4v) is 3.13. The van der Waals surface area contributed by atoms with E-state index in [1.165, 1.54) is 12.8 Å². The molecule has 1 amide bonds. The van der Waals surface area contributed by atoms with Crippen molar-refractivity contribution in [2.45, 2.75) is 25.4 Å². The maximum absolute atomic E-state index is 10.9. The summed E-state index contributed by atoms with van der Waals surface area (Å²) in [6, 6.07) is 4.27. The molecule has 2 rings (SSSR count). The average Bonchev–Trinajstić information content (AvgIpc) is 2.53. The smallest absolute Gasteiger partial charge is 0.255 e. The lowest BCUT2D eigenvalue weighted by atomic mass is 10.0. The SMILES string of the molecule is CNC1CCCN(Cc2cc(Cl)c(OCC(N)=O)c(OC)c2)C1. The third-order valence-corrected chi connectivity index (χ3v) is 4.25. The molecule has 0 aliphatic carbocycles. The van der Waals surface area contributed by atoms with Gasteiger partial charge < -0.3 is 20.5 Å². The summed E-state index contributed by atoms with van der Waals surface area (Å²) in [7, 11) is 3.55. The molecule has 1 fully saturated rings. The van der Waals surface area contributed by atoms with E-state index in [1.54, 1.807) is 7.11 Å². The van der Waals surface area contributed by atoms with E-state index >= 15 is 0 Å². The number of methoxy groups -OCH3 is 1. The molecule has 0 aromatic heterocycles. The van der Waals surface area contributed by atoms with Crippen LogP contribution in [-0.4, -0.2) is 50.7 Å². The Morgan fingerprint density at radius 2 is 2.30 bits per heavy atom. The first-order valence-electron chi connectivity index (χ1n) is 7.70. The van der Waals surface area contributed by atoms with E-state index in [9.17, 15) is 4.79 Å². The molecule has 0 spiro atoms. The highest BCUT2D eigenvalue weighted by Crippen LogP contribution is 2.36. The number of nitrogens with two attached hydrogens (primary N) is 1. The zero-order valence-electron chi connectivity index (χ0n) is 13.6. The normalized spacial score (nSPS) is 18.7. The highest BCUT2D eigenvalue weighted by molar-refractivity contribution is 6.32. The number of carbonyl (C=O) groups excluding carboxylic acids is 1. The Morgan fingerprint density at radius 3 is 2.96 bits per heavy atom. The van der Waals surface area contributed by atoms with E-state index < -0.39 is 5.91 Å². The number of carbonyl (C=O) groups is 1. The molecule has 3 N–H and O–H groups in total.